The first-order valence-corrected chi connectivity index (χ1v) is 7.13. The van der Waals surface area contributed by atoms with Crippen molar-refractivity contribution in [3.63, 3.8) is 0 Å². The fourth-order valence-electron chi connectivity index (χ4n) is 2.97. The van der Waals surface area contributed by atoms with Crippen molar-refractivity contribution in [1.82, 2.24) is 4.90 Å². The number of nitrogens with zero attached hydrogens (tertiary/aromatic N) is 1. The predicted octanol–water partition coefficient (Wildman–Crippen LogP) is 3.01. The van der Waals surface area contributed by atoms with Crippen molar-refractivity contribution in [1.29, 1.82) is 0 Å². The lowest BCUT2D eigenvalue weighted by Gasteiger charge is -2.35. The van der Waals surface area contributed by atoms with Gasteiger partial charge >= 0.3 is 0 Å². The summed E-state index contributed by atoms with van der Waals surface area (Å²) < 4.78 is 0. The van der Waals surface area contributed by atoms with Crippen LogP contribution < -0.4 is 5.73 Å². The van der Waals surface area contributed by atoms with Gasteiger partial charge in [0.15, 0.2) is 0 Å². The molecular formula is C14H30N2. The molecule has 1 fully saturated rings. The zero-order valence-electron chi connectivity index (χ0n) is 11.4. The molecule has 1 saturated carbocycles. The highest BCUT2D eigenvalue weighted by atomic mass is 15.1. The third kappa shape index (κ3) is 4.42. The van der Waals surface area contributed by atoms with E-state index in [1.54, 1.807) is 0 Å². The minimum Gasteiger partial charge on any atom is -0.327 e. The maximum Gasteiger partial charge on any atom is 0.0167 e. The second-order valence-corrected chi connectivity index (χ2v) is 5.57. The van der Waals surface area contributed by atoms with Crippen molar-refractivity contribution in [2.45, 2.75) is 70.9 Å². The molecule has 0 radical (unpaired) electrons. The van der Waals surface area contributed by atoms with Gasteiger partial charge < -0.3 is 10.6 Å². The standard InChI is InChI=1S/C14H30N2/c1-4-6-13(15)11-16(3)14-9-7-12(5-2)8-10-14/h12-14H,4-11,15H2,1-3H3. The van der Waals surface area contributed by atoms with Gasteiger partial charge in [0, 0.05) is 18.6 Å². The van der Waals surface area contributed by atoms with Crippen molar-refractivity contribution in [2.24, 2.45) is 11.7 Å². The summed E-state index contributed by atoms with van der Waals surface area (Å²) in [6, 6.07) is 1.17. The average Bonchev–Trinajstić information content (AvgIpc) is 2.29. The van der Waals surface area contributed by atoms with Crippen molar-refractivity contribution in [3.05, 3.63) is 0 Å². The fourth-order valence-corrected chi connectivity index (χ4v) is 2.97. The Balaban J connectivity index is 2.24. The summed E-state index contributed by atoms with van der Waals surface area (Å²) in [5.74, 6) is 0.994. The van der Waals surface area contributed by atoms with Gasteiger partial charge in [-0.15, -0.1) is 0 Å². The molecule has 1 aliphatic rings. The lowest BCUT2D eigenvalue weighted by atomic mass is 9.84. The summed E-state index contributed by atoms with van der Waals surface area (Å²) in [5.41, 5.74) is 6.10. The molecule has 16 heavy (non-hydrogen) atoms. The Hall–Kier alpha value is -0.0800. The molecule has 96 valence electrons. The first-order chi connectivity index (χ1) is 7.67. The van der Waals surface area contributed by atoms with E-state index in [0.29, 0.717) is 6.04 Å². The number of hydrogen-bond donors (Lipinski definition) is 1. The molecule has 0 aromatic rings. The van der Waals surface area contributed by atoms with Gasteiger partial charge in [-0.1, -0.05) is 26.7 Å². The molecule has 0 aromatic heterocycles. The Morgan fingerprint density at radius 2 is 1.81 bits per heavy atom. The molecule has 2 heteroatoms. The first kappa shape index (κ1) is 14.0. The van der Waals surface area contributed by atoms with Crippen molar-refractivity contribution in [3.8, 4) is 0 Å². The molecule has 0 bridgehead atoms. The Bertz CT molecular complexity index is 174. The van der Waals surface area contributed by atoms with Crippen molar-refractivity contribution in [2.75, 3.05) is 13.6 Å². The molecule has 1 aliphatic carbocycles. The zero-order valence-corrected chi connectivity index (χ0v) is 11.4. The monoisotopic (exact) mass is 226 g/mol. The topological polar surface area (TPSA) is 29.3 Å². The predicted molar refractivity (Wildman–Crippen MR) is 71.6 cm³/mol. The van der Waals surface area contributed by atoms with E-state index in [4.69, 9.17) is 5.73 Å². The molecule has 0 spiro atoms. The highest BCUT2D eigenvalue weighted by molar-refractivity contribution is 4.79. The maximum absolute atomic E-state index is 6.10. The summed E-state index contributed by atoms with van der Waals surface area (Å²) in [4.78, 5) is 2.51. The SMILES string of the molecule is CCCC(N)CN(C)C1CCC(CC)CC1. The minimum atomic E-state index is 0.374. The molecule has 2 nitrogen and oxygen atoms in total. The number of likely N-dealkylation sites (N-methyl/N-ethyl adjacent to an activating group) is 1. The van der Waals surface area contributed by atoms with Gasteiger partial charge in [0.25, 0.3) is 0 Å². The number of rotatable bonds is 6. The smallest absolute Gasteiger partial charge is 0.0167 e. The highest BCUT2D eigenvalue weighted by Crippen LogP contribution is 2.28. The largest absolute Gasteiger partial charge is 0.327 e. The van der Waals surface area contributed by atoms with Crippen molar-refractivity contribution < 1.29 is 0 Å². The molecule has 0 aromatic carbocycles. The van der Waals surface area contributed by atoms with E-state index in [9.17, 15) is 0 Å². The summed E-state index contributed by atoms with van der Waals surface area (Å²) in [6.45, 7) is 5.62. The molecule has 0 amide bonds. The van der Waals surface area contributed by atoms with Crippen LogP contribution in [0.1, 0.15) is 58.8 Å². The Labute approximate surface area is 102 Å². The lowest BCUT2D eigenvalue weighted by Crippen LogP contribution is -2.42. The molecular weight excluding hydrogens is 196 g/mol. The minimum absolute atomic E-state index is 0.374. The summed E-state index contributed by atoms with van der Waals surface area (Å²) in [6.07, 6.45) is 9.35. The summed E-state index contributed by atoms with van der Waals surface area (Å²) in [5, 5.41) is 0. The Kier molecular flexibility index (Phi) is 6.37. The van der Waals surface area contributed by atoms with Gasteiger partial charge in [0.1, 0.15) is 0 Å². The van der Waals surface area contributed by atoms with Crippen LogP contribution in [-0.2, 0) is 0 Å². The van der Waals surface area contributed by atoms with Crippen LogP contribution in [0.3, 0.4) is 0 Å². The van der Waals surface area contributed by atoms with E-state index in [2.05, 4.69) is 25.8 Å². The van der Waals surface area contributed by atoms with E-state index in [-0.39, 0.29) is 0 Å². The molecule has 1 atom stereocenters. The second-order valence-electron chi connectivity index (χ2n) is 5.57. The van der Waals surface area contributed by atoms with E-state index in [0.717, 1.165) is 24.9 Å². The number of nitrogens with two attached hydrogens (primary N) is 1. The molecule has 0 heterocycles. The van der Waals surface area contributed by atoms with Crippen LogP contribution in [0, 0.1) is 5.92 Å². The van der Waals surface area contributed by atoms with E-state index < -0.39 is 0 Å². The highest BCUT2D eigenvalue weighted by Gasteiger charge is 2.23. The lowest BCUT2D eigenvalue weighted by molar-refractivity contribution is 0.155. The van der Waals surface area contributed by atoms with Crippen LogP contribution in [0.25, 0.3) is 0 Å². The first-order valence-electron chi connectivity index (χ1n) is 7.13. The third-order valence-corrected chi connectivity index (χ3v) is 4.20. The van der Waals surface area contributed by atoms with E-state index in [1.807, 2.05) is 0 Å². The Morgan fingerprint density at radius 1 is 1.19 bits per heavy atom. The van der Waals surface area contributed by atoms with Gasteiger partial charge in [0.2, 0.25) is 0 Å². The molecule has 0 saturated heterocycles. The summed E-state index contributed by atoms with van der Waals surface area (Å²) in [7, 11) is 2.26. The van der Waals surface area contributed by atoms with Gasteiger partial charge in [-0.2, -0.15) is 0 Å². The van der Waals surface area contributed by atoms with Crippen LogP contribution in [0.5, 0.6) is 0 Å². The molecule has 1 unspecified atom stereocenters. The zero-order chi connectivity index (χ0) is 12.0. The summed E-state index contributed by atoms with van der Waals surface area (Å²) >= 11 is 0. The maximum atomic E-state index is 6.10. The van der Waals surface area contributed by atoms with Gasteiger partial charge in [0.05, 0.1) is 0 Å². The molecule has 0 aliphatic heterocycles. The number of hydrogen-bond acceptors (Lipinski definition) is 2. The van der Waals surface area contributed by atoms with Gasteiger partial charge in [-0.05, 0) is 45.1 Å². The normalized spacial score (nSPS) is 28.3. The van der Waals surface area contributed by atoms with Gasteiger partial charge in [-0.3, -0.25) is 0 Å². The average molecular weight is 226 g/mol. The fraction of sp³-hybridized carbons (Fsp3) is 1.00. The second kappa shape index (κ2) is 7.29. The van der Waals surface area contributed by atoms with Crippen molar-refractivity contribution >= 4 is 0 Å². The van der Waals surface area contributed by atoms with Crippen LogP contribution in [0.15, 0.2) is 0 Å². The van der Waals surface area contributed by atoms with Crippen LogP contribution >= 0.6 is 0 Å². The Morgan fingerprint density at radius 3 is 2.31 bits per heavy atom. The van der Waals surface area contributed by atoms with Crippen LogP contribution in [0.2, 0.25) is 0 Å². The quantitative estimate of drug-likeness (QED) is 0.754. The van der Waals surface area contributed by atoms with Gasteiger partial charge in [-0.25, -0.2) is 0 Å². The molecule has 2 N–H and O–H groups in total. The molecule has 1 rings (SSSR count). The van der Waals surface area contributed by atoms with E-state index in [1.165, 1.54) is 38.5 Å². The van der Waals surface area contributed by atoms with E-state index >= 15 is 0 Å². The third-order valence-electron chi connectivity index (χ3n) is 4.20. The van der Waals surface area contributed by atoms with Crippen LogP contribution in [0.4, 0.5) is 0 Å². The van der Waals surface area contributed by atoms with Crippen LogP contribution in [-0.4, -0.2) is 30.6 Å².